The lowest BCUT2D eigenvalue weighted by Crippen LogP contribution is -2.30. The van der Waals surface area contributed by atoms with Crippen LogP contribution in [0.4, 0.5) is 5.82 Å². The van der Waals surface area contributed by atoms with Crippen LogP contribution in [0.1, 0.15) is 31.5 Å². The van der Waals surface area contributed by atoms with Gasteiger partial charge in [0, 0.05) is 30.4 Å². The van der Waals surface area contributed by atoms with Crippen molar-refractivity contribution < 1.29 is 4.74 Å². The minimum Gasteiger partial charge on any atom is -0.493 e. The quantitative estimate of drug-likeness (QED) is 0.707. The summed E-state index contributed by atoms with van der Waals surface area (Å²) in [5.74, 6) is 2.68. The average Bonchev–Trinajstić information content (AvgIpc) is 3.17. The fourth-order valence-electron chi connectivity index (χ4n) is 3.39. The van der Waals surface area contributed by atoms with E-state index in [4.69, 9.17) is 4.74 Å². The number of ether oxygens (including phenoxy) is 1. The Kier molecular flexibility index (Phi) is 4.56. The summed E-state index contributed by atoms with van der Waals surface area (Å²) >= 11 is 0. The van der Waals surface area contributed by atoms with E-state index in [0.29, 0.717) is 12.4 Å². The van der Waals surface area contributed by atoms with Crippen LogP contribution in [0.5, 0.6) is 5.75 Å². The van der Waals surface area contributed by atoms with Crippen molar-refractivity contribution in [3.8, 4) is 5.75 Å². The Bertz CT molecular complexity index is 946. The summed E-state index contributed by atoms with van der Waals surface area (Å²) in [6.07, 6.45) is 5.70. The summed E-state index contributed by atoms with van der Waals surface area (Å²) in [6.45, 7) is 6.56. The molecule has 1 aliphatic heterocycles. The predicted octanol–water partition coefficient (Wildman–Crippen LogP) is 3.38. The highest BCUT2D eigenvalue weighted by molar-refractivity contribution is 5.72. The van der Waals surface area contributed by atoms with E-state index in [1.165, 1.54) is 11.1 Å². The van der Waals surface area contributed by atoms with Gasteiger partial charge >= 0.3 is 0 Å². The van der Waals surface area contributed by atoms with Gasteiger partial charge in [0.1, 0.15) is 17.9 Å². The SMILES string of the molecule is CCOc1ccccc1C1=CCN(c2cc(CC)nc3ncnn23)CC1. The van der Waals surface area contributed by atoms with Crippen molar-refractivity contribution in [1.82, 2.24) is 19.6 Å². The van der Waals surface area contributed by atoms with Crippen LogP contribution >= 0.6 is 0 Å². The molecule has 134 valence electrons. The van der Waals surface area contributed by atoms with Crippen LogP contribution in [0.25, 0.3) is 11.4 Å². The molecule has 0 spiro atoms. The zero-order valence-electron chi connectivity index (χ0n) is 15.2. The second-order valence-corrected chi connectivity index (χ2v) is 6.29. The van der Waals surface area contributed by atoms with Gasteiger partial charge in [0.05, 0.1) is 6.61 Å². The molecular weight excluding hydrogens is 326 g/mol. The number of anilines is 1. The van der Waals surface area contributed by atoms with Crippen LogP contribution in [-0.4, -0.2) is 39.3 Å². The van der Waals surface area contributed by atoms with E-state index in [-0.39, 0.29) is 0 Å². The molecule has 1 aromatic carbocycles. The fraction of sp³-hybridized carbons (Fsp3) is 0.350. The number of benzene rings is 1. The van der Waals surface area contributed by atoms with Gasteiger partial charge in [-0.2, -0.15) is 14.6 Å². The molecule has 0 fully saturated rings. The standard InChI is InChI=1S/C20H23N5O/c1-3-16-13-19(25-20(23-16)21-14-22-25)24-11-9-15(10-12-24)17-7-5-6-8-18(17)26-4-2/h5-9,13-14H,3-4,10-12H2,1-2H3. The lowest BCUT2D eigenvalue weighted by molar-refractivity contribution is 0.339. The van der Waals surface area contributed by atoms with Crippen LogP contribution in [0.15, 0.2) is 42.7 Å². The highest BCUT2D eigenvalue weighted by Gasteiger charge is 2.19. The molecular formula is C20H23N5O. The van der Waals surface area contributed by atoms with E-state index >= 15 is 0 Å². The van der Waals surface area contributed by atoms with Crippen molar-refractivity contribution in [2.75, 3.05) is 24.6 Å². The van der Waals surface area contributed by atoms with Gasteiger partial charge in [0.2, 0.25) is 0 Å². The Hall–Kier alpha value is -2.89. The van der Waals surface area contributed by atoms with E-state index < -0.39 is 0 Å². The van der Waals surface area contributed by atoms with E-state index in [1.54, 1.807) is 6.33 Å². The second-order valence-electron chi connectivity index (χ2n) is 6.29. The Morgan fingerprint density at radius 1 is 1.19 bits per heavy atom. The van der Waals surface area contributed by atoms with Crippen molar-refractivity contribution in [1.29, 1.82) is 0 Å². The summed E-state index contributed by atoms with van der Waals surface area (Å²) in [6, 6.07) is 10.4. The molecule has 0 bridgehead atoms. The molecule has 3 aromatic rings. The molecule has 0 saturated carbocycles. The number of para-hydroxylation sites is 1. The first kappa shape index (κ1) is 16.6. The molecule has 1 aliphatic rings. The lowest BCUT2D eigenvalue weighted by atomic mass is 9.98. The summed E-state index contributed by atoms with van der Waals surface area (Å²) in [4.78, 5) is 11.1. The Morgan fingerprint density at radius 3 is 2.85 bits per heavy atom. The molecule has 6 heteroatoms. The highest BCUT2D eigenvalue weighted by atomic mass is 16.5. The van der Waals surface area contributed by atoms with E-state index in [9.17, 15) is 0 Å². The molecule has 0 N–H and O–H groups in total. The summed E-state index contributed by atoms with van der Waals surface area (Å²) < 4.78 is 7.62. The number of aryl methyl sites for hydroxylation is 1. The van der Waals surface area contributed by atoms with Crippen molar-refractivity contribution in [3.63, 3.8) is 0 Å². The number of fused-ring (bicyclic) bond motifs is 1. The lowest BCUT2D eigenvalue weighted by Gasteiger charge is -2.29. The van der Waals surface area contributed by atoms with Gasteiger partial charge < -0.3 is 9.64 Å². The molecule has 0 unspecified atom stereocenters. The van der Waals surface area contributed by atoms with Crippen LogP contribution in [0, 0.1) is 0 Å². The number of hydrogen-bond acceptors (Lipinski definition) is 5. The van der Waals surface area contributed by atoms with Gasteiger partial charge in [0.15, 0.2) is 0 Å². The minimum atomic E-state index is 0.663. The third kappa shape index (κ3) is 3.03. The van der Waals surface area contributed by atoms with Gasteiger partial charge in [-0.1, -0.05) is 31.2 Å². The smallest absolute Gasteiger partial charge is 0.254 e. The van der Waals surface area contributed by atoms with Crippen LogP contribution in [0.3, 0.4) is 0 Å². The number of aromatic nitrogens is 4. The molecule has 0 atom stereocenters. The van der Waals surface area contributed by atoms with E-state index in [0.717, 1.165) is 43.2 Å². The van der Waals surface area contributed by atoms with Crippen molar-refractivity contribution in [2.24, 2.45) is 0 Å². The van der Waals surface area contributed by atoms with Crippen LogP contribution in [-0.2, 0) is 6.42 Å². The molecule has 0 radical (unpaired) electrons. The van der Waals surface area contributed by atoms with Gasteiger partial charge in [-0.05, 0) is 31.4 Å². The summed E-state index contributed by atoms with van der Waals surface area (Å²) in [5, 5.41) is 4.35. The maximum absolute atomic E-state index is 5.79. The zero-order chi connectivity index (χ0) is 17.9. The Balaban J connectivity index is 1.63. The van der Waals surface area contributed by atoms with Crippen LogP contribution < -0.4 is 9.64 Å². The van der Waals surface area contributed by atoms with Crippen molar-refractivity contribution in [2.45, 2.75) is 26.7 Å². The van der Waals surface area contributed by atoms with Gasteiger partial charge in [-0.25, -0.2) is 4.98 Å². The Morgan fingerprint density at radius 2 is 2.08 bits per heavy atom. The second kappa shape index (κ2) is 7.15. The van der Waals surface area contributed by atoms with E-state index in [1.807, 2.05) is 23.6 Å². The van der Waals surface area contributed by atoms with Crippen molar-refractivity contribution in [3.05, 3.63) is 54.0 Å². The Labute approximate surface area is 153 Å². The largest absolute Gasteiger partial charge is 0.493 e. The number of rotatable bonds is 5. The van der Waals surface area contributed by atoms with E-state index in [2.05, 4.69) is 51.2 Å². The molecule has 4 rings (SSSR count). The average molecular weight is 349 g/mol. The molecule has 6 nitrogen and oxygen atoms in total. The molecule has 2 aromatic heterocycles. The van der Waals surface area contributed by atoms with Crippen molar-refractivity contribution >= 4 is 17.2 Å². The fourth-order valence-corrected chi connectivity index (χ4v) is 3.39. The topological polar surface area (TPSA) is 55.5 Å². The maximum atomic E-state index is 5.79. The van der Waals surface area contributed by atoms with Gasteiger partial charge in [0.25, 0.3) is 5.78 Å². The molecule has 26 heavy (non-hydrogen) atoms. The summed E-state index contributed by atoms with van der Waals surface area (Å²) in [7, 11) is 0. The van der Waals surface area contributed by atoms with Gasteiger partial charge in [-0.15, -0.1) is 0 Å². The third-order valence-corrected chi connectivity index (χ3v) is 4.71. The summed E-state index contributed by atoms with van der Waals surface area (Å²) in [5.41, 5.74) is 3.57. The zero-order valence-corrected chi connectivity index (χ0v) is 15.2. The predicted molar refractivity (Wildman–Crippen MR) is 103 cm³/mol. The van der Waals surface area contributed by atoms with Gasteiger partial charge in [-0.3, -0.25) is 0 Å². The molecule has 0 saturated heterocycles. The highest BCUT2D eigenvalue weighted by Crippen LogP contribution is 2.31. The number of hydrogen-bond donors (Lipinski definition) is 0. The monoisotopic (exact) mass is 349 g/mol. The normalized spacial score (nSPS) is 14.5. The first-order chi connectivity index (χ1) is 12.8. The first-order valence-electron chi connectivity index (χ1n) is 9.16. The molecule has 0 amide bonds. The minimum absolute atomic E-state index is 0.663. The number of nitrogens with zero attached hydrogens (tertiary/aromatic N) is 5. The molecule has 0 aliphatic carbocycles. The molecule has 3 heterocycles. The third-order valence-electron chi connectivity index (χ3n) is 4.71. The first-order valence-corrected chi connectivity index (χ1v) is 9.16. The maximum Gasteiger partial charge on any atom is 0.254 e. The van der Waals surface area contributed by atoms with Crippen LogP contribution in [0.2, 0.25) is 0 Å².